The number of aliphatic hydroxyl groups excluding tert-OH is 1. The van der Waals surface area contributed by atoms with E-state index in [-0.39, 0.29) is 28.8 Å². The molecule has 3 N–H and O–H groups in total. The molecule has 2 saturated carbocycles. The maximum absolute atomic E-state index is 13.5. The smallest absolute Gasteiger partial charge is 0.251 e. The molecular formula is C36H46ClN7O4. The Hall–Kier alpha value is -3.48. The lowest BCUT2D eigenvalue weighted by Crippen LogP contribution is -2.52. The fraction of sp³-hybridized carbons (Fsp3) is 0.528. The van der Waals surface area contributed by atoms with Gasteiger partial charge in [-0.05, 0) is 87.7 Å². The molecule has 7 rings (SSSR count). The zero-order valence-electron chi connectivity index (χ0n) is 28.0. The number of nitrogens with one attached hydrogen (secondary N) is 2. The molecule has 2 aliphatic carbocycles. The standard InChI is InChI=1S/C36H46ClN7O4/c1-22-17-29(40-36-38-19-28(37)34(41-36)48-30-6-4-5-24-21-42(2)35(46)32(24)30)31(47-3)18-27(22)33(45)39-25-9-11-26(12-10-25)44-15-13-43(14-16-44)20-23-7-8-23/h4-6,17-19,23,25-26,35,46H,7-16,20-21H2,1-3H3,(H,39,45)(H,38,40,41). The van der Waals surface area contributed by atoms with Gasteiger partial charge in [0.1, 0.15) is 22.7 Å². The van der Waals surface area contributed by atoms with E-state index in [2.05, 4.69) is 30.4 Å². The highest BCUT2D eigenvalue weighted by atomic mass is 35.5. The molecular weight excluding hydrogens is 630 g/mol. The van der Waals surface area contributed by atoms with Gasteiger partial charge in [-0.15, -0.1) is 0 Å². The lowest BCUT2D eigenvalue weighted by Gasteiger charge is -2.42. The van der Waals surface area contributed by atoms with E-state index in [4.69, 9.17) is 21.1 Å². The number of fused-ring (bicyclic) bond motifs is 1. The van der Waals surface area contributed by atoms with Crippen molar-refractivity contribution in [3.63, 3.8) is 0 Å². The molecule has 1 aromatic heterocycles. The fourth-order valence-corrected chi connectivity index (χ4v) is 7.55. The topological polar surface area (TPSA) is 115 Å². The van der Waals surface area contributed by atoms with Crippen molar-refractivity contribution in [2.45, 2.75) is 70.3 Å². The van der Waals surface area contributed by atoms with Gasteiger partial charge in [0.15, 0.2) is 0 Å². The lowest BCUT2D eigenvalue weighted by atomic mass is 9.89. The first kappa shape index (κ1) is 33.0. The number of amides is 1. The highest BCUT2D eigenvalue weighted by molar-refractivity contribution is 6.31. The van der Waals surface area contributed by atoms with Crippen LogP contribution in [0.5, 0.6) is 17.4 Å². The Balaban J connectivity index is 0.970. The summed E-state index contributed by atoms with van der Waals surface area (Å²) in [5, 5.41) is 17.4. The first-order valence-electron chi connectivity index (χ1n) is 17.2. The van der Waals surface area contributed by atoms with Crippen molar-refractivity contribution in [2.75, 3.05) is 52.2 Å². The van der Waals surface area contributed by atoms with Crippen LogP contribution in [0.1, 0.15) is 71.8 Å². The van der Waals surface area contributed by atoms with E-state index < -0.39 is 6.23 Å². The molecule has 1 atom stereocenters. The number of anilines is 2. The Bertz CT molecular complexity index is 1640. The number of carbonyl (C=O) groups is 1. The summed E-state index contributed by atoms with van der Waals surface area (Å²) in [5.74, 6) is 2.24. The number of hydrogen-bond acceptors (Lipinski definition) is 10. The minimum Gasteiger partial charge on any atom is -0.495 e. The maximum Gasteiger partial charge on any atom is 0.251 e. The summed E-state index contributed by atoms with van der Waals surface area (Å²) >= 11 is 6.43. The second kappa shape index (κ2) is 14.2. The third-order valence-corrected chi connectivity index (χ3v) is 10.6. The highest BCUT2D eigenvalue weighted by Gasteiger charge is 2.32. The third-order valence-electron chi connectivity index (χ3n) is 10.4. The summed E-state index contributed by atoms with van der Waals surface area (Å²) in [7, 11) is 3.42. The Morgan fingerprint density at radius 1 is 1.06 bits per heavy atom. The van der Waals surface area contributed by atoms with Crippen LogP contribution in [0.25, 0.3) is 0 Å². The van der Waals surface area contributed by atoms with Crippen molar-refractivity contribution in [1.29, 1.82) is 0 Å². The van der Waals surface area contributed by atoms with Crippen molar-refractivity contribution >= 4 is 29.1 Å². The van der Waals surface area contributed by atoms with Crippen LogP contribution in [0, 0.1) is 12.8 Å². The molecule has 4 aliphatic rings. The molecule has 0 radical (unpaired) electrons. The zero-order valence-corrected chi connectivity index (χ0v) is 28.8. The molecule has 1 amide bonds. The number of aliphatic hydroxyl groups is 1. The van der Waals surface area contributed by atoms with Crippen molar-refractivity contribution in [3.8, 4) is 17.4 Å². The second-order valence-corrected chi connectivity index (χ2v) is 14.2. The summed E-state index contributed by atoms with van der Waals surface area (Å²) in [6.07, 6.45) is 7.74. The van der Waals surface area contributed by atoms with Crippen LogP contribution in [-0.2, 0) is 6.54 Å². The number of nitrogens with zero attached hydrogens (tertiary/aromatic N) is 5. The number of piperazine rings is 1. The van der Waals surface area contributed by atoms with Crippen LogP contribution in [-0.4, -0.2) is 94.6 Å². The van der Waals surface area contributed by atoms with Gasteiger partial charge in [-0.1, -0.05) is 23.7 Å². The Kier molecular flexibility index (Phi) is 9.75. The predicted octanol–water partition coefficient (Wildman–Crippen LogP) is 5.49. The summed E-state index contributed by atoms with van der Waals surface area (Å²) in [4.78, 5) is 29.5. The second-order valence-electron chi connectivity index (χ2n) is 13.8. The van der Waals surface area contributed by atoms with Crippen molar-refractivity contribution in [2.24, 2.45) is 5.92 Å². The molecule has 1 unspecified atom stereocenters. The van der Waals surface area contributed by atoms with Crippen LogP contribution in [0.15, 0.2) is 36.5 Å². The average Bonchev–Trinajstić information content (AvgIpc) is 3.85. The number of methoxy groups -OCH3 is 1. The van der Waals surface area contributed by atoms with Crippen LogP contribution in [0.2, 0.25) is 5.02 Å². The number of carbonyl (C=O) groups excluding carboxylic acids is 1. The minimum absolute atomic E-state index is 0.0869. The average molecular weight is 676 g/mol. The summed E-state index contributed by atoms with van der Waals surface area (Å²) < 4.78 is 11.8. The van der Waals surface area contributed by atoms with E-state index in [1.807, 2.05) is 37.1 Å². The Morgan fingerprint density at radius 2 is 1.83 bits per heavy atom. The molecule has 3 fully saturated rings. The van der Waals surface area contributed by atoms with E-state index in [9.17, 15) is 9.90 Å². The molecule has 256 valence electrons. The normalized spacial score (nSPS) is 23.5. The molecule has 2 aromatic carbocycles. The Labute approximate surface area is 287 Å². The van der Waals surface area contributed by atoms with Gasteiger partial charge in [-0.25, -0.2) is 4.98 Å². The van der Waals surface area contributed by atoms with Gasteiger partial charge in [-0.2, -0.15) is 4.98 Å². The zero-order chi connectivity index (χ0) is 33.4. The van der Waals surface area contributed by atoms with Crippen molar-refractivity contribution in [1.82, 2.24) is 30.0 Å². The van der Waals surface area contributed by atoms with Gasteiger partial charge in [0.2, 0.25) is 11.8 Å². The monoisotopic (exact) mass is 675 g/mol. The van der Waals surface area contributed by atoms with Gasteiger partial charge in [0.25, 0.3) is 5.91 Å². The predicted molar refractivity (Wildman–Crippen MR) is 185 cm³/mol. The quantitative estimate of drug-likeness (QED) is 0.255. The lowest BCUT2D eigenvalue weighted by molar-refractivity contribution is 0.0325. The number of halogens is 1. The number of benzene rings is 2. The molecule has 3 heterocycles. The summed E-state index contributed by atoms with van der Waals surface area (Å²) in [6, 6.07) is 10.0. The van der Waals surface area contributed by atoms with E-state index in [1.165, 1.54) is 51.8 Å². The first-order valence-corrected chi connectivity index (χ1v) is 17.6. The number of aryl methyl sites for hydroxylation is 1. The van der Waals surface area contributed by atoms with Crippen molar-refractivity contribution in [3.05, 3.63) is 63.8 Å². The maximum atomic E-state index is 13.5. The van der Waals surface area contributed by atoms with Gasteiger partial charge >= 0.3 is 0 Å². The van der Waals surface area contributed by atoms with Gasteiger partial charge in [0, 0.05) is 62.5 Å². The molecule has 12 heteroatoms. The van der Waals surface area contributed by atoms with Crippen LogP contribution < -0.4 is 20.1 Å². The van der Waals surface area contributed by atoms with E-state index in [1.54, 1.807) is 19.2 Å². The number of rotatable bonds is 10. The van der Waals surface area contributed by atoms with Gasteiger partial charge in [0.05, 0.1) is 19.0 Å². The van der Waals surface area contributed by atoms with Crippen molar-refractivity contribution < 1.29 is 19.4 Å². The molecule has 0 bridgehead atoms. The molecule has 11 nitrogen and oxygen atoms in total. The molecule has 1 saturated heterocycles. The van der Waals surface area contributed by atoms with E-state index in [0.717, 1.165) is 42.7 Å². The summed E-state index contributed by atoms with van der Waals surface area (Å²) in [6.45, 7) is 8.53. The van der Waals surface area contributed by atoms with Crippen LogP contribution >= 0.6 is 11.6 Å². The molecule has 3 aromatic rings. The van der Waals surface area contributed by atoms with E-state index >= 15 is 0 Å². The number of ether oxygens (including phenoxy) is 2. The van der Waals surface area contributed by atoms with Gasteiger partial charge in [-0.3, -0.25) is 14.6 Å². The minimum atomic E-state index is -0.782. The number of hydrogen-bond donors (Lipinski definition) is 3. The first-order chi connectivity index (χ1) is 23.2. The van der Waals surface area contributed by atoms with Crippen LogP contribution in [0.3, 0.4) is 0 Å². The van der Waals surface area contributed by atoms with Crippen LogP contribution in [0.4, 0.5) is 11.6 Å². The van der Waals surface area contributed by atoms with Gasteiger partial charge < -0.3 is 30.1 Å². The van der Waals surface area contributed by atoms with E-state index in [0.29, 0.717) is 40.9 Å². The number of aromatic nitrogens is 2. The molecule has 48 heavy (non-hydrogen) atoms. The molecule has 2 aliphatic heterocycles. The SMILES string of the molecule is COc1cc(C(=O)NC2CCC(N3CCN(CC4CC4)CC3)CC2)c(C)cc1Nc1ncc(Cl)c(Oc2cccc3c2C(O)N(C)C3)n1. The Morgan fingerprint density at radius 3 is 2.56 bits per heavy atom. The summed E-state index contributed by atoms with van der Waals surface area (Å²) in [5.41, 5.74) is 3.66. The fourth-order valence-electron chi connectivity index (χ4n) is 7.42. The molecule has 0 spiro atoms. The largest absolute Gasteiger partial charge is 0.495 e. The highest BCUT2D eigenvalue weighted by Crippen LogP contribution is 2.40. The third kappa shape index (κ3) is 7.25.